The Morgan fingerprint density at radius 3 is 2.62 bits per heavy atom. The summed E-state index contributed by atoms with van der Waals surface area (Å²) in [5, 5.41) is 0. The monoisotopic (exact) mass is 288 g/mol. The molecule has 0 heterocycles. The van der Waals surface area contributed by atoms with Crippen LogP contribution < -0.4 is 9.47 Å². The van der Waals surface area contributed by atoms with Crippen molar-refractivity contribution >= 4 is 21.9 Å². The van der Waals surface area contributed by atoms with Crippen LogP contribution in [0.4, 0.5) is 0 Å². The SMILES string of the molecule is COC(=O)C(C)Oc1cc(OC)ccc1Br. The van der Waals surface area contributed by atoms with Gasteiger partial charge in [0.25, 0.3) is 0 Å². The fourth-order valence-corrected chi connectivity index (χ4v) is 1.45. The number of carbonyl (C=O) groups excluding carboxylic acids is 1. The Hall–Kier alpha value is -1.23. The summed E-state index contributed by atoms with van der Waals surface area (Å²) >= 11 is 3.33. The normalized spacial score (nSPS) is 11.8. The molecule has 0 fully saturated rings. The van der Waals surface area contributed by atoms with Gasteiger partial charge in [-0.2, -0.15) is 0 Å². The summed E-state index contributed by atoms with van der Waals surface area (Å²) in [5.41, 5.74) is 0. The van der Waals surface area contributed by atoms with Crippen LogP contribution in [0, 0.1) is 0 Å². The minimum absolute atomic E-state index is 0.422. The third-order valence-electron chi connectivity index (χ3n) is 1.98. The highest BCUT2D eigenvalue weighted by Gasteiger charge is 2.16. The number of esters is 1. The predicted molar refractivity (Wildman–Crippen MR) is 62.8 cm³/mol. The van der Waals surface area contributed by atoms with Crippen molar-refractivity contribution in [3.05, 3.63) is 22.7 Å². The second-order valence-electron chi connectivity index (χ2n) is 3.08. The van der Waals surface area contributed by atoms with Crippen molar-refractivity contribution in [2.24, 2.45) is 0 Å². The lowest BCUT2D eigenvalue weighted by atomic mass is 10.3. The highest BCUT2D eigenvalue weighted by atomic mass is 79.9. The molecule has 16 heavy (non-hydrogen) atoms. The van der Waals surface area contributed by atoms with E-state index in [1.54, 1.807) is 32.2 Å². The molecule has 0 bridgehead atoms. The Balaban J connectivity index is 2.83. The number of halogens is 1. The highest BCUT2D eigenvalue weighted by molar-refractivity contribution is 9.10. The number of methoxy groups -OCH3 is 2. The Bertz CT molecular complexity index is 378. The molecular weight excluding hydrogens is 276 g/mol. The van der Waals surface area contributed by atoms with Gasteiger partial charge in [-0.1, -0.05) is 0 Å². The topological polar surface area (TPSA) is 44.8 Å². The maximum Gasteiger partial charge on any atom is 0.346 e. The van der Waals surface area contributed by atoms with Gasteiger partial charge in [0.15, 0.2) is 6.10 Å². The maximum atomic E-state index is 11.2. The third kappa shape index (κ3) is 3.13. The predicted octanol–water partition coefficient (Wildman–Crippen LogP) is 2.40. The Kier molecular flexibility index (Phi) is 4.61. The van der Waals surface area contributed by atoms with E-state index >= 15 is 0 Å². The molecule has 0 saturated carbocycles. The van der Waals surface area contributed by atoms with Gasteiger partial charge in [0.1, 0.15) is 11.5 Å². The van der Waals surface area contributed by atoms with Crippen molar-refractivity contribution in [3.63, 3.8) is 0 Å². The third-order valence-corrected chi connectivity index (χ3v) is 2.63. The van der Waals surface area contributed by atoms with Gasteiger partial charge in [0.2, 0.25) is 0 Å². The van der Waals surface area contributed by atoms with Gasteiger partial charge in [-0.15, -0.1) is 0 Å². The lowest BCUT2D eigenvalue weighted by molar-refractivity contribution is -0.147. The number of benzene rings is 1. The van der Waals surface area contributed by atoms with Crippen LogP contribution in [-0.4, -0.2) is 26.3 Å². The molecule has 0 radical (unpaired) electrons. The van der Waals surface area contributed by atoms with Crippen molar-refractivity contribution in [1.82, 2.24) is 0 Å². The molecule has 4 nitrogen and oxygen atoms in total. The minimum atomic E-state index is -0.659. The van der Waals surface area contributed by atoms with Crippen LogP contribution in [-0.2, 0) is 9.53 Å². The van der Waals surface area contributed by atoms with Gasteiger partial charge in [0.05, 0.1) is 18.7 Å². The molecule has 0 amide bonds. The van der Waals surface area contributed by atoms with Crippen LogP contribution in [0.3, 0.4) is 0 Å². The molecule has 0 aliphatic rings. The molecule has 1 unspecified atom stereocenters. The molecule has 0 aliphatic heterocycles. The average Bonchev–Trinajstić information content (AvgIpc) is 2.30. The van der Waals surface area contributed by atoms with Crippen molar-refractivity contribution in [2.75, 3.05) is 14.2 Å². The average molecular weight is 289 g/mol. The number of ether oxygens (including phenoxy) is 3. The smallest absolute Gasteiger partial charge is 0.346 e. The molecule has 88 valence electrons. The fourth-order valence-electron chi connectivity index (χ4n) is 1.11. The van der Waals surface area contributed by atoms with E-state index in [0.717, 1.165) is 4.47 Å². The molecule has 0 N–H and O–H groups in total. The molecule has 1 rings (SSSR count). The van der Waals surface area contributed by atoms with E-state index < -0.39 is 12.1 Å². The summed E-state index contributed by atoms with van der Waals surface area (Å²) in [7, 11) is 2.89. The molecule has 1 aromatic rings. The number of carbonyl (C=O) groups is 1. The van der Waals surface area contributed by atoms with Crippen molar-refractivity contribution < 1.29 is 19.0 Å². The zero-order valence-electron chi connectivity index (χ0n) is 9.32. The summed E-state index contributed by atoms with van der Waals surface area (Å²) in [5.74, 6) is 0.780. The molecule has 0 aliphatic carbocycles. The summed E-state index contributed by atoms with van der Waals surface area (Å²) < 4.78 is 15.8. The zero-order chi connectivity index (χ0) is 12.1. The zero-order valence-corrected chi connectivity index (χ0v) is 10.9. The van der Waals surface area contributed by atoms with E-state index in [2.05, 4.69) is 20.7 Å². The van der Waals surface area contributed by atoms with E-state index in [9.17, 15) is 4.79 Å². The Morgan fingerprint density at radius 1 is 1.38 bits per heavy atom. The van der Waals surface area contributed by atoms with Crippen molar-refractivity contribution in [1.29, 1.82) is 0 Å². The van der Waals surface area contributed by atoms with Crippen LogP contribution in [0.25, 0.3) is 0 Å². The number of hydrogen-bond acceptors (Lipinski definition) is 4. The van der Waals surface area contributed by atoms with E-state index in [1.807, 2.05) is 0 Å². The standard InChI is InChI=1S/C11H13BrO4/c1-7(11(13)15-3)16-10-6-8(14-2)4-5-9(10)12/h4-7H,1-3H3. The molecule has 0 saturated heterocycles. The van der Waals surface area contributed by atoms with Crippen LogP contribution in [0.15, 0.2) is 22.7 Å². The Morgan fingerprint density at radius 2 is 2.06 bits per heavy atom. The van der Waals surface area contributed by atoms with Gasteiger partial charge in [0, 0.05) is 6.07 Å². The molecular formula is C11H13BrO4. The second-order valence-corrected chi connectivity index (χ2v) is 3.93. The first-order valence-electron chi connectivity index (χ1n) is 4.66. The Labute approximate surface area is 103 Å². The fraction of sp³-hybridized carbons (Fsp3) is 0.364. The molecule has 0 aromatic heterocycles. The van der Waals surface area contributed by atoms with Crippen molar-refractivity contribution in [3.8, 4) is 11.5 Å². The van der Waals surface area contributed by atoms with Gasteiger partial charge >= 0.3 is 5.97 Å². The second kappa shape index (κ2) is 5.75. The van der Waals surface area contributed by atoms with Gasteiger partial charge in [-0.05, 0) is 35.0 Å². The first-order valence-corrected chi connectivity index (χ1v) is 5.45. The summed E-state index contributed by atoms with van der Waals surface area (Å²) in [4.78, 5) is 11.2. The van der Waals surface area contributed by atoms with E-state index in [0.29, 0.717) is 11.5 Å². The molecule has 1 aromatic carbocycles. The first-order chi connectivity index (χ1) is 7.58. The first kappa shape index (κ1) is 12.8. The minimum Gasteiger partial charge on any atom is -0.497 e. The van der Waals surface area contributed by atoms with E-state index in [4.69, 9.17) is 9.47 Å². The number of hydrogen-bond donors (Lipinski definition) is 0. The summed E-state index contributed by atoms with van der Waals surface area (Å²) in [6.07, 6.45) is -0.659. The maximum absolute atomic E-state index is 11.2. The van der Waals surface area contributed by atoms with Crippen LogP contribution in [0.2, 0.25) is 0 Å². The molecule has 1 atom stereocenters. The molecule has 0 spiro atoms. The largest absolute Gasteiger partial charge is 0.497 e. The van der Waals surface area contributed by atoms with Gasteiger partial charge in [-0.25, -0.2) is 4.79 Å². The van der Waals surface area contributed by atoms with E-state index in [1.165, 1.54) is 7.11 Å². The summed E-state index contributed by atoms with van der Waals surface area (Å²) in [6, 6.07) is 5.28. The molecule has 5 heteroatoms. The van der Waals surface area contributed by atoms with Crippen LogP contribution in [0.5, 0.6) is 11.5 Å². The van der Waals surface area contributed by atoms with Crippen LogP contribution in [0.1, 0.15) is 6.92 Å². The quantitative estimate of drug-likeness (QED) is 0.798. The summed E-state index contributed by atoms with van der Waals surface area (Å²) in [6.45, 7) is 1.62. The van der Waals surface area contributed by atoms with Crippen molar-refractivity contribution in [2.45, 2.75) is 13.0 Å². The van der Waals surface area contributed by atoms with Gasteiger partial charge < -0.3 is 14.2 Å². The highest BCUT2D eigenvalue weighted by Crippen LogP contribution is 2.30. The lowest BCUT2D eigenvalue weighted by Gasteiger charge is -2.14. The van der Waals surface area contributed by atoms with Crippen LogP contribution >= 0.6 is 15.9 Å². The van der Waals surface area contributed by atoms with Gasteiger partial charge in [-0.3, -0.25) is 0 Å². The van der Waals surface area contributed by atoms with E-state index in [-0.39, 0.29) is 0 Å². The number of rotatable bonds is 4. The lowest BCUT2D eigenvalue weighted by Crippen LogP contribution is -2.25.